The van der Waals surface area contributed by atoms with Gasteiger partial charge in [-0.25, -0.2) is 0 Å². The number of rotatable bonds is 6. The molecule has 7 heteroatoms. The number of hydrogen-bond acceptors (Lipinski definition) is 5. The number of ether oxygens (including phenoxy) is 1. The number of piperazine rings is 1. The van der Waals surface area contributed by atoms with E-state index in [-0.39, 0.29) is 5.91 Å². The maximum Gasteiger partial charge on any atom is 0.238 e. The highest BCUT2D eigenvalue weighted by molar-refractivity contribution is 5.93. The van der Waals surface area contributed by atoms with Gasteiger partial charge in [0, 0.05) is 39.4 Å². The lowest BCUT2D eigenvalue weighted by Gasteiger charge is -2.34. The molecule has 1 aliphatic heterocycles. The van der Waals surface area contributed by atoms with Crippen molar-refractivity contribution in [3.8, 4) is 5.75 Å². The van der Waals surface area contributed by atoms with Crippen LogP contribution in [0.15, 0.2) is 36.7 Å². The average Bonchev–Trinajstić information content (AvgIpc) is 3.04. The zero-order chi connectivity index (χ0) is 17.6. The lowest BCUT2D eigenvalue weighted by Crippen LogP contribution is -2.48. The summed E-state index contributed by atoms with van der Waals surface area (Å²) < 4.78 is 7.36. The van der Waals surface area contributed by atoms with Gasteiger partial charge in [0.15, 0.2) is 0 Å². The quantitative estimate of drug-likeness (QED) is 0.863. The van der Waals surface area contributed by atoms with E-state index >= 15 is 0 Å². The number of anilines is 2. The van der Waals surface area contributed by atoms with Crippen LogP contribution in [0.5, 0.6) is 5.75 Å². The molecule has 1 saturated heterocycles. The van der Waals surface area contributed by atoms with E-state index in [4.69, 9.17) is 4.74 Å². The highest BCUT2D eigenvalue weighted by Crippen LogP contribution is 2.23. The first-order chi connectivity index (χ1) is 12.2. The van der Waals surface area contributed by atoms with Crippen LogP contribution >= 0.6 is 0 Å². The predicted molar refractivity (Wildman–Crippen MR) is 98.1 cm³/mol. The molecule has 0 saturated carbocycles. The number of nitrogens with one attached hydrogen (secondary N) is 1. The number of aromatic nitrogens is 2. The first kappa shape index (κ1) is 17.3. The van der Waals surface area contributed by atoms with Gasteiger partial charge in [-0.3, -0.25) is 14.4 Å². The number of carbonyl (C=O) groups excluding carboxylic acids is 1. The zero-order valence-electron chi connectivity index (χ0n) is 14.8. The molecule has 1 aromatic heterocycles. The van der Waals surface area contributed by atoms with Gasteiger partial charge in [0.05, 0.1) is 30.7 Å². The standard InChI is InChI=1S/C18H25N5O2/c1-3-25-17-7-5-4-6-16(17)20-18(24)14-22-8-10-23(11-9-22)15-12-19-21(2)13-15/h4-7,12-13H,3,8-11,14H2,1-2H3,(H,20,24). The number of nitrogens with zero attached hydrogens (tertiary/aromatic N) is 4. The minimum Gasteiger partial charge on any atom is -0.492 e. The summed E-state index contributed by atoms with van der Waals surface area (Å²) >= 11 is 0. The van der Waals surface area contributed by atoms with Gasteiger partial charge < -0.3 is 15.0 Å². The second-order valence-corrected chi connectivity index (χ2v) is 6.11. The number of benzene rings is 1. The maximum atomic E-state index is 12.4. The first-order valence-electron chi connectivity index (χ1n) is 8.63. The second-order valence-electron chi connectivity index (χ2n) is 6.11. The highest BCUT2D eigenvalue weighted by Gasteiger charge is 2.20. The molecule has 25 heavy (non-hydrogen) atoms. The van der Waals surface area contributed by atoms with Crippen LogP contribution in [0.1, 0.15) is 6.92 Å². The van der Waals surface area contributed by atoms with Crippen molar-refractivity contribution in [2.75, 3.05) is 49.5 Å². The summed E-state index contributed by atoms with van der Waals surface area (Å²) in [5, 5.41) is 7.17. The van der Waals surface area contributed by atoms with Crippen molar-refractivity contribution in [3.63, 3.8) is 0 Å². The summed E-state index contributed by atoms with van der Waals surface area (Å²) in [6.45, 7) is 6.40. The molecule has 2 aromatic rings. The Kier molecular flexibility index (Phi) is 5.55. The van der Waals surface area contributed by atoms with Crippen molar-refractivity contribution >= 4 is 17.3 Å². The molecule has 1 aliphatic rings. The van der Waals surface area contributed by atoms with E-state index in [2.05, 4.69) is 20.2 Å². The van der Waals surface area contributed by atoms with E-state index in [0.29, 0.717) is 18.9 Å². The Labute approximate surface area is 148 Å². The van der Waals surface area contributed by atoms with Crippen molar-refractivity contribution in [1.29, 1.82) is 0 Å². The summed E-state index contributed by atoms with van der Waals surface area (Å²) in [6.07, 6.45) is 3.90. The molecule has 0 radical (unpaired) electrons. The molecule has 3 rings (SSSR count). The fourth-order valence-electron chi connectivity index (χ4n) is 2.98. The Hall–Kier alpha value is -2.54. The fraction of sp³-hybridized carbons (Fsp3) is 0.444. The average molecular weight is 343 g/mol. The van der Waals surface area contributed by atoms with E-state index in [9.17, 15) is 4.79 Å². The SMILES string of the molecule is CCOc1ccccc1NC(=O)CN1CCN(c2cnn(C)c2)CC1. The normalized spacial score (nSPS) is 15.2. The highest BCUT2D eigenvalue weighted by atomic mass is 16.5. The lowest BCUT2D eigenvalue weighted by molar-refractivity contribution is -0.117. The van der Waals surface area contributed by atoms with Crippen LogP contribution < -0.4 is 15.0 Å². The van der Waals surface area contributed by atoms with Crippen LogP contribution in [0.3, 0.4) is 0 Å². The lowest BCUT2D eigenvalue weighted by atomic mass is 10.2. The number of amides is 1. The Morgan fingerprint density at radius 3 is 2.68 bits per heavy atom. The van der Waals surface area contributed by atoms with E-state index in [1.807, 2.05) is 55.3 Å². The van der Waals surface area contributed by atoms with E-state index < -0.39 is 0 Å². The van der Waals surface area contributed by atoms with Crippen LogP contribution in [0.25, 0.3) is 0 Å². The molecular formula is C18H25N5O2. The molecule has 0 atom stereocenters. The molecule has 0 bridgehead atoms. The van der Waals surface area contributed by atoms with Crippen molar-refractivity contribution in [2.45, 2.75) is 6.92 Å². The molecule has 1 aromatic carbocycles. The summed E-state index contributed by atoms with van der Waals surface area (Å²) in [4.78, 5) is 16.8. The summed E-state index contributed by atoms with van der Waals surface area (Å²) in [5.41, 5.74) is 1.86. The van der Waals surface area contributed by atoms with Crippen LogP contribution in [-0.2, 0) is 11.8 Å². The maximum absolute atomic E-state index is 12.4. The molecule has 0 aliphatic carbocycles. The molecule has 1 N–H and O–H groups in total. The van der Waals surface area contributed by atoms with Crippen molar-refractivity contribution in [2.24, 2.45) is 7.05 Å². The van der Waals surface area contributed by atoms with Gasteiger partial charge >= 0.3 is 0 Å². The third-order valence-electron chi connectivity index (χ3n) is 4.26. The third-order valence-corrected chi connectivity index (χ3v) is 4.26. The second kappa shape index (κ2) is 8.02. The zero-order valence-corrected chi connectivity index (χ0v) is 14.8. The van der Waals surface area contributed by atoms with Gasteiger partial charge in [-0.15, -0.1) is 0 Å². The van der Waals surface area contributed by atoms with Gasteiger partial charge in [0.2, 0.25) is 5.91 Å². The van der Waals surface area contributed by atoms with E-state index in [1.54, 1.807) is 0 Å². The Balaban J connectivity index is 1.50. The van der Waals surface area contributed by atoms with E-state index in [0.717, 1.165) is 37.6 Å². The van der Waals surface area contributed by atoms with Gasteiger partial charge in [-0.2, -0.15) is 5.10 Å². The molecule has 1 amide bonds. The molecular weight excluding hydrogens is 318 g/mol. The molecule has 1 fully saturated rings. The van der Waals surface area contributed by atoms with Crippen molar-refractivity contribution in [1.82, 2.24) is 14.7 Å². The number of hydrogen-bond donors (Lipinski definition) is 1. The third kappa shape index (κ3) is 4.51. The minimum absolute atomic E-state index is 0.0121. The summed E-state index contributed by atoms with van der Waals surface area (Å²) in [6, 6.07) is 7.53. The molecule has 7 nitrogen and oxygen atoms in total. The van der Waals surface area contributed by atoms with Crippen molar-refractivity contribution < 1.29 is 9.53 Å². The van der Waals surface area contributed by atoms with Crippen LogP contribution in [0.4, 0.5) is 11.4 Å². The van der Waals surface area contributed by atoms with Gasteiger partial charge in [-0.1, -0.05) is 12.1 Å². The Morgan fingerprint density at radius 1 is 1.24 bits per heavy atom. The summed E-state index contributed by atoms with van der Waals surface area (Å²) in [5.74, 6) is 0.696. The van der Waals surface area contributed by atoms with E-state index in [1.165, 1.54) is 0 Å². The molecule has 2 heterocycles. The predicted octanol–water partition coefficient (Wildman–Crippen LogP) is 1.58. The van der Waals surface area contributed by atoms with Crippen LogP contribution in [0.2, 0.25) is 0 Å². The summed E-state index contributed by atoms with van der Waals surface area (Å²) in [7, 11) is 1.92. The Bertz CT molecular complexity index is 707. The molecule has 0 unspecified atom stereocenters. The van der Waals surface area contributed by atoms with Crippen molar-refractivity contribution in [3.05, 3.63) is 36.7 Å². The largest absolute Gasteiger partial charge is 0.492 e. The molecule has 0 spiro atoms. The van der Waals surface area contributed by atoms with Gasteiger partial charge in [0.25, 0.3) is 0 Å². The monoisotopic (exact) mass is 343 g/mol. The van der Waals surface area contributed by atoms with Crippen LogP contribution in [0, 0.1) is 0 Å². The fourth-order valence-corrected chi connectivity index (χ4v) is 2.98. The first-order valence-corrected chi connectivity index (χ1v) is 8.63. The molecule has 134 valence electrons. The topological polar surface area (TPSA) is 62.6 Å². The minimum atomic E-state index is -0.0121. The number of para-hydroxylation sites is 2. The number of carbonyl (C=O) groups is 1. The van der Waals surface area contributed by atoms with Crippen LogP contribution in [-0.4, -0.2) is 59.9 Å². The van der Waals surface area contributed by atoms with Gasteiger partial charge in [-0.05, 0) is 19.1 Å². The van der Waals surface area contributed by atoms with Gasteiger partial charge in [0.1, 0.15) is 5.75 Å². The number of aryl methyl sites for hydroxylation is 1. The smallest absolute Gasteiger partial charge is 0.238 e. The Morgan fingerprint density at radius 2 is 2.00 bits per heavy atom.